The number of rotatable bonds is 13. The summed E-state index contributed by atoms with van der Waals surface area (Å²) in [5.41, 5.74) is 0. The molecule has 0 unspecified atom stereocenters. The lowest BCUT2D eigenvalue weighted by Gasteiger charge is -2.06. The van der Waals surface area contributed by atoms with Crippen LogP contribution in [0.2, 0.25) is 0 Å². The van der Waals surface area contributed by atoms with Gasteiger partial charge in [-0.15, -0.1) is 0 Å². The fourth-order valence-corrected chi connectivity index (χ4v) is 1.27. The highest BCUT2D eigenvalue weighted by molar-refractivity contribution is 7.80. The van der Waals surface area contributed by atoms with Gasteiger partial charge in [-0.1, -0.05) is 13.3 Å². The van der Waals surface area contributed by atoms with Crippen LogP contribution in [0.1, 0.15) is 19.8 Å². The molecule has 0 fully saturated rings. The average Bonchev–Trinajstić information content (AvgIpc) is 2.29. The van der Waals surface area contributed by atoms with Crippen LogP contribution in [0.25, 0.3) is 0 Å². The molecule has 1 N–H and O–H groups in total. The number of hydrogen-bond donors (Lipinski definition) is 1. The van der Waals surface area contributed by atoms with Gasteiger partial charge in [-0.2, -0.15) is 8.42 Å². The SMILES string of the molecule is CCCCOCCOCCOCCOS(=O)(=O)O. The van der Waals surface area contributed by atoms with E-state index in [0.29, 0.717) is 26.4 Å². The lowest BCUT2D eigenvalue weighted by Crippen LogP contribution is -2.13. The molecule has 0 aliphatic rings. The fraction of sp³-hybridized carbons (Fsp3) is 1.00. The maximum absolute atomic E-state index is 10.2. The normalized spacial score (nSPS) is 11.9. The fourth-order valence-electron chi connectivity index (χ4n) is 0.987. The van der Waals surface area contributed by atoms with Crippen LogP contribution in [0, 0.1) is 0 Å². The van der Waals surface area contributed by atoms with Crippen molar-refractivity contribution in [1.29, 1.82) is 0 Å². The monoisotopic (exact) mass is 286 g/mol. The Morgan fingerprint density at radius 1 is 0.833 bits per heavy atom. The second-order valence-electron chi connectivity index (χ2n) is 3.44. The Morgan fingerprint density at radius 2 is 1.28 bits per heavy atom. The molecular weight excluding hydrogens is 264 g/mol. The van der Waals surface area contributed by atoms with Gasteiger partial charge in [0.25, 0.3) is 0 Å². The zero-order chi connectivity index (χ0) is 13.7. The first-order valence-electron chi connectivity index (χ1n) is 5.91. The van der Waals surface area contributed by atoms with Crippen molar-refractivity contribution in [2.24, 2.45) is 0 Å². The van der Waals surface area contributed by atoms with Crippen molar-refractivity contribution < 1.29 is 31.4 Å². The van der Waals surface area contributed by atoms with Crippen molar-refractivity contribution in [3.63, 3.8) is 0 Å². The third-order valence-electron chi connectivity index (χ3n) is 1.85. The highest BCUT2D eigenvalue weighted by atomic mass is 32.3. The van der Waals surface area contributed by atoms with E-state index in [4.69, 9.17) is 18.8 Å². The number of ether oxygens (including phenoxy) is 3. The topological polar surface area (TPSA) is 91.3 Å². The third-order valence-corrected chi connectivity index (χ3v) is 2.31. The maximum atomic E-state index is 10.2. The summed E-state index contributed by atoms with van der Waals surface area (Å²) < 4.78 is 48.1. The van der Waals surface area contributed by atoms with Gasteiger partial charge in [-0.3, -0.25) is 4.55 Å². The van der Waals surface area contributed by atoms with Crippen molar-refractivity contribution in [1.82, 2.24) is 0 Å². The predicted octanol–water partition coefficient (Wildman–Crippen LogP) is 0.656. The van der Waals surface area contributed by atoms with Crippen molar-refractivity contribution in [2.45, 2.75) is 19.8 Å². The Morgan fingerprint density at radius 3 is 1.72 bits per heavy atom. The van der Waals surface area contributed by atoms with Gasteiger partial charge in [0.15, 0.2) is 0 Å². The van der Waals surface area contributed by atoms with E-state index in [1.54, 1.807) is 0 Å². The third kappa shape index (κ3) is 15.8. The molecule has 0 amide bonds. The molecule has 0 saturated carbocycles. The van der Waals surface area contributed by atoms with Gasteiger partial charge in [0.2, 0.25) is 0 Å². The summed E-state index contributed by atoms with van der Waals surface area (Å²) in [4.78, 5) is 0. The second kappa shape index (κ2) is 11.8. The molecule has 0 saturated heterocycles. The van der Waals surface area contributed by atoms with Gasteiger partial charge in [0.05, 0.1) is 39.6 Å². The van der Waals surface area contributed by atoms with Crippen molar-refractivity contribution in [3.8, 4) is 0 Å². The largest absolute Gasteiger partial charge is 0.397 e. The van der Waals surface area contributed by atoms with Gasteiger partial charge < -0.3 is 14.2 Å². The predicted molar refractivity (Wildman–Crippen MR) is 64.9 cm³/mol. The van der Waals surface area contributed by atoms with E-state index in [0.717, 1.165) is 19.4 Å². The molecule has 0 bridgehead atoms. The van der Waals surface area contributed by atoms with E-state index in [-0.39, 0.29) is 13.2 Å². The Kier molecular flexibility index (Phi) is 11.7. The first-order valence-corrected chi connectivity index (χ1v) is 7.28. The highest BCUT2D eigenvalue weighted by Crippen LogP contribution is 1.89. The minimum atomic E-state index is -4.36. The molecule has 0 aliphatic carbocycles. The van der Waals surface area contributed by atoms with E-state index in [1.807, 2.05) is 0 Å². The molecule has 0 aromatic heterocycles. The van der Waals surface area contributed by atoms with E-state index in [9.17, 15) is 8.42 Å². The van der Waals surface area contributed by atoms with Crippen LogP contribution in [0.4, 0.5) is 0 Å². The van der Waals surface area contributed by atoms with Gasteiger partial charge in [-0.25, -0.2) is 4.18 Å². The molecule has 0 aromatic rings. The standard InChI is InChI=1S/C10H22O7S/c1-2-3-4-14-5-6-15-7-8-16-9-10-17-18(11,12)13/h2-10H2,1H3,(H,11,12,13). The lowest BCUT2D eigenvalue weighted by molar-refractivity contribution is 0.00871. The smallest absolute Gasteiger partial charge is 0.379 e. The first kappa shape index (κ1) is 17.8. The van der Waals surface area contributed by atoms with Crippen molar-refractivity contribution >= 4 is 10.4 Å². The Hall–Kier alpha value is -0.250. The zero-order valence-electron chi connectivity index (χ0n) is 10.7. The lowest BCUT2D eigenvalue weighted by atomic mass is 10.4. The Bertz CT molecular complexity index is 265. The highest BCUT2D eigenvalue weighted by Gasteiger charge is 2.02. The molecule has 18 heavy (non-hydrogen) atoms. The molecular formula is C10H22O7S. The molecule has 0 atom stereocenters. The van der Waals surface area contributed by atoms with Gasteiger partial charge in [-0.05, 0) is 6.42 Å². The van der Waals surface area contributed by atoms with Crippen LogP contribution in [0.3, 0.4) is 0 Å². The molecule has 0 spiro atoms. The van der Waals surface area contributed by atoms with Crippen LogP contribution < -0.4 is 0 Å². The molecule has 0 rings (SSSR count). The van der Waals surface area contributed by atoms with Gasteiger partial charge >= 0.3 is 10.4 Å². The van der Waals surface area contributed by atoms with Crippen LogP contribution >= 0.6 is 0 Å². The van der Waals surface area contributed by atoms with Crippen LogP contribution in [-0.4, -0.2) is 59.2 Å². The Balaban J connectivity index is 3.03. The van der Waals surface area contributed by atoms with Crippen LogP contribution in [-0.2, 0) is 28.8 Å². The summed E-state index contributed by atoms with van der Waals surface area (Å²) in [5.74, 6) is 0. The summed E-state index contributed by atoms with van der Waals surface area (Å²) in [6.07, 6.45) is 2.16. The Labute approximate surface area is 108 Å². The number of unbranched alkanes of at least 4 members (excludes halogenated alkanes) is 1. The minimum Gasteiger partial charge on any atom is -0.379 e. The molecule has 0 radical (unpaired) electrons. The van der Waals surface area contributed by atoms with Crippen LogP contribution in [0.5, 0.6) is 0 Å². The zero-order valence-corrected chi connectivity index (χ0v) is 11.5. The summed E-state index contributed by atoms with van der Waals surface area (Å²) in [6.45, 7) is 4.54. The van der Waals surface area contributed by atoms with Gasteiger partial charge in [0.1, 0.15) is 0 Å². The number of hydrogen-bond acceptors (Lipinski definition) is 6. The van der Waals surface area contributed by atoms with E-state index < -0.39 is 10.4 Å². The maximum Gasteiger partial charge on any atom is 0.397 e. The van der Waals surface area contributed by atoms with E-state index >= 15 is 0 Å². The average molecular weight is 286 g/mol. The summed E-state index contributed by atoms with van der Waals surface area (Å²) in [6, 6.07) is 0. The quantitative estimate of drug-likeness (QED) is 0.392. The van der Waals surface area contributed by atoms with Crippen molar-refractivity contribution in [3.05, 3.63) is 0 Å². The van der Waals surface area contributed by atoms with Gasteiger partial charge in [0, 0.05) is 6.61 Å². The molecule has 0 heterocycles. The van der Waals surface area contributed by atoms with E-state index in [1.165, 1.54) is 0 Å². The second-order valence-corrected chi connectivity index (χ2v) is 4.53. The molecule has 110 valence electrons. The van der Waals surface area contributed by atoms with E-state index in [2.05, 4.69) is 11.1 Å². The minimum absolute atomic E-state index is 0.0795. The summed E-state index contributed by atoms with van der Waals surface area (Å²) >= 11 is 0. The molecule has 0 aliphatic heterocycles. The molecule has 7 nitrogen and oxygen atoms in total. The first-order chi connectivity index (χ1) is 8.56. The molecule has 0 aromatic carbocycles. The van der Waals surface area contributed by atoms with Crippen LogP contribution in [0.15, 0.2) is 0 Å². The summed E-state index contributed by atoms with van der Waals surface area (Å²) in [5, 5.41) is 0. The summed E-state index contributed by atoms with van der Waals surface area (Å²) in [7, 11) is -4.36. The molecule has 8 heteroatoms. The van der Waals surface area contributed by atoms with Crippen molar-refractivity contribution in [2.75, 3.05) is 46.2 Å².